The van der Waals surface area contributed by atoms with Crippen LogP contribution in [-0.4, -0.2) is 55.3 Å². The summed E-state index contributed by atoms with van der Waals surface area (Å²) in [7, 11) is 3.05. The van der Waals surface area contributed by atoms with Gasteiger partial charge in [-0.1, -0.05) is 13.8 Å². The maximum Gasteiger partial charge on any atom is 0.339 e. The minimum Gasteiger partial charge on any atom is -0.496 e. The van der Waals surface area contributed by atoms with Crippen LogP contribution in [-0.2, 0) is 4.74 Å². The van der Waals surface area contributed by atoms with Gasteiger partial charge in [0.15, 0.2) is 0 Å². The lowest BCUT2D eigenvalue weighted by molar-refractivity contribution is 0.0428. The first kappa shape index (κ1) is 17.3. The summed E-state index contributed by atoms with van der Waals surface area (Å²) in [6, 6.07) is 2.98. The number of aryl methyl sites for hydroxylation is 1. The van der Waals surface area contributed by atoms with Crippen molar-refractivity contribution in [1.82, 2.24) is 4.90 Å². The van der Waals surface area contributed by atoms with Crippen LogP contribution >= 0.6 is 0 Å². The Balaban J connectivity index is 2.37. The summed E-state index contributed by atoms with van der Waals surface area (Å²) in [6.45, 7) is 6.95. The number of amides is 1. The Hall–Kier alpha value is -2.08. The molecule has 0 radical (unpaired) electrons. The number of carbonyl (C=O) groups excluding carboxylic acids is 1. The van der Waals surface area contributed by atoms with Crippen LogP contribution in [0.3, 0.4) is 0 Å². The molecule has 126 valence electrons. The molecular formula is C17H23NO5. The van der Waals surface area contributed by atoms with Crippen LogP contribution in [0.25, 0.3) is 0 Å². The number of methoxy groups -OCH3 is 2. The third-order valence-electron chi connectivity index (χ3n) is 4.44. The molecule has 1 aliphatic rings. The molecule has 1 atom stereocenters. The molecule has 6 nitrogen and oxygen atoms in total. The standard InChI is InChI=1S/C17H23NO5/c1-10-6-13(22-4)12(16(20)21)7-11(10)15(19)18-8-14(23-5)17(2,3)9-18/h6-7,14H,8-9H2,1-5H3,(H,20,21). The first-order valence-electron chi connectivity index (χ1n) is 7.45. The molecule has 1 saturated heterocycles. The number of ether oxygens (including phenoxy) is 2. The lowest BCUT2D eigenvalue weighted by Crippen LogP contribution is -2.31. The SMILES string of the molecule is COc1cc(C)c(C(=O)N2CC(OC)C(C)(C)C2)cc1C(=O)O. The van der Waals surface area contributed by atoms with Crippen molar-refractivity contribution < 1.29 is 24.2 Å². The summed E-state index contributed by atoms with van der Waals surface area (Å²) in [6.07, 6.45) is -0.0380. The Bertz CT molecular complexity index is 638. The van der Waals surface area contributed by atoms with Gasteiger partial charge >= 0.3 is 5.97 Å². The van der Waals surface area contributed by atoms with E-state index in [4.69, 9.17) is 9.47 Å². The number of nitrogens with zero attached hydrogens (tertiary/aromatic N) is 1. The van der Waals surface area contributed by atoms with Gasteiger partial charge in [0.2, 0.25) is 0 Å². The predicted molar refractivity (Wildman–Crippen MR) is 85.2 cm³/mol. The first-order valence-corrected chi connectivity index (χ1v) is 7.45. The third-order valence-corrected chi connectivity index (χ3v) is 4.44. The highest BCUT2D eigenvalue weighted by molar-refractivity contribution is 6.00. The number of carboxylic acids is 1. The van der Waals surface area contributed by atoms with E-state index in [9.17, 15) is 14.7 Å². The second-order valence-corrected chi connectivity index (χ2v) is 6.57. The van der Waals surface area contributed by atoms with Crippen molar-refractivity contribution in [1.29, 1.82) is 0 Å². The van der Waals surface area contributed by atoms with Gasteiger partial charge in [0.25, 0.3) is 5.91 Å². The number of carbonyl (C=O) groups is 2. The zero-order chi connectivity index (χ0) is 17.4. The molecule has 2 rings (SSSR count). The van der Waals surface area contributed by atoms with Crippen molar-refractivity contribution in [3.63, 3.8) is 0 Å². The summed E-state index contributed by atoms with van der Waals surface area (Å²) >= 11 is 0. The van der Waals surface area contributed by atoms with E-state index in [-0.39, 0.29) is 28.7 Å². The topological polar surface area (TPSA) is 76.1 Å². The minimum absolute atomic E-state index is 0.0109. The average Bonchev–Trinajstić information content (AvgIpc) is 2.80. The molecule has 1 aromatic carbocycles. The fraction of sp³-hybridized carbons (Fsp3) is 0.529. The van der Waals surface area contributed by atoms with Crippen LogP contribution in [0, 0.1) is 12.3 Å². The van der Waals surface area contributed by atoms with Gasteiger partial charge in [-0.2, -0.15) is 0 Å². The molecule has 0 aliphatic carbocycles. The van der Waals surface area contributed by atoms with Crippen LogP contribution in [0.2, 0.25) is 0 Å². The van der Waals surface area contributed by atoms with Crippen LogP contribution in [0.4, 0.5) is 0 Å². The molecule has 1 N–H and O–H groups in total. The van der Waals surface area contributed by atoms with Gasteiger partial charge in [-0.15, -0.1) is 0 Å². The van der Waals surface area contributed by atoms with Crippen LogP contribution < -0.4 is 4.74 Å². The summed E-state index contributed by atoms with van der Waals surface area (Å²) in [4.78, 5) is 25.9. The fourth-order valence-corrected chi connectivity index (χ4v) is 3.07. The number of hydrogen-bond donors (Lipinski definition) is 1. The normalized spacial score (nSPS) is 19.7. The van der Waals surface area contributed by atoms with E-state index in [1.54, 1.807) is 25.0 Å². The Labute approximate surface area is 136 Å². The predicted octanol–water partition coefficient (Wildman–Crippen LogP) is 2.20. The average molecular weight is 321 g/mol. The molecule has 0 aromatic heterocycles. The lowest BCUT2D eigenvalue weighted by atomic mass is 9.90. The summed E-state index contributed by atoms with van der Waals surface area (Å²) in [5, 5.41) is 9.30. The Kier molecular flexibility index (Phi) is 4.66. The highest BCUT2D eigenvalue weighted by Crippen LogP contribution is 2.33. The van der Waals surface area contributed by atoms with Gasteiger partial charge in [-0.3, -0.25) is 4.79 Å². The van der Waals surface area contributed by atoms with E-state index in [0.29, 0.717) is 24.2 Å². The highest BCUT2D eigenvalue weighted by Gasteiger charge is 2.42. The van der Waals surface area contributed by atoms with E-state index in [0.717, 1.165) is 0 Å². The molecule has 0 bridgehead atoms. The second-order valence-electron chi connectivity index (χ2n) is 6.57. The van der Waals surface area contributed by atoms with Gasteiger partial charge in [-0.05, 0) is 24.6 Å². The lowest BCUT2D eigenvalue weighted by Gasteiger charge is -2.23. The van der Waals surface area contributed by atoms with Crippen molar-refractivity contribution >= 4 is 11.9 Å². The maximum atomic E-state index is 12.8. The third kappa shape index (κ3) is 3.17. The second kappa shape index (κ2) is 6.20. The van der Waals surface area contributed by atoms with Crippen molar-refractivity contribution in [2.24, 2.45) is 5.41 Å². The van der Waals surface area contributed by atoms with E-state index < -0.39 is 5.97 Å². The Morgan fingerprint density at radius 1 is 1.26 bits per heavy atom. The molecule has 1 fully saturated rings. The summed E-state index contributed by atoms with van der Waals surface area (Å²) in [5.74, 6) is -1.05. The molecule has 1 unspecified atom stereocenters. The van der Waals surface area contributed by atoms with Gasteiger partial charge in [0.05, 0.1) is 13.2 Å². The maximum absolute atomic E-state index is 12.8. The number of benzene rings is 1. The number of hydrogen-bond acceptors (Lipinski definition) is 4. The molecule has 1 aliphatic heterocycles. The highest BCUT2D eigenvalue weighted by atomic mass is 16.5. The minimum atomic E-state index is -1.12. The Morgan fingerprint density at radius 3 is 2.39 bits per heavy atom. The van der Waals surface area contributed by atoms with E-state index in [1.165, 1.54) is 13.2 Å². The quantitative estimate of drug-likeness (QED) is 0.920. The zero-order valence-electron chi connectivity index (χ0n) is 14.2. The van der Waals surface area contributed by atoms with Gasteiger partial charge in [0.1, 0.15) is 11.3 Å². The zero-order valence-corrected chi connectivity index (χ0v) is 14.2. The van der Waals surface area contributed by atoms with Crippen molar-refractivity contribution in [3.8, 4) is 5.75 Å². The number of carboxylic acid groups (broad SMARTS) is 1. The molecule has 23 heavy (non-hydrogen) atoms. The molecule has 1 amide bonds. The molecular weight excluding hydrogens is 298 g/mol. The number of likely N-dealkylation sites (tertiary alicyclic amines) is 1. The molecule has 0 saturated carbocycles. The van der Waals surface area contributed by atoms with Crippen molar-refractivity contribution in [2.45, 2.75) is 26.9 Å². The van der Waals surface area contributed by atoms with E-state index in [2.05, 4.69) is 13.8 Å². The van der Waals surface area contributed by atoms with Gasteiger partial charge in [-0.25, -0.2) is 4.79 Å². The molecule has 1 heterocycles. The van der Waals surface area contributed by atoms with Crippen LogP contribution in [0.15, 0.2) is 12.1 Å². The monoisotopic (exact) mass is 321 g/mol. The number of aromatic carboxylic acids is 1. The Morgan fingerprint density at radius 2 is 1.91 bits per heavy atom. The molecule has 1 aromatic rings. The fourth-order valence-electron chi connectivity index (χ4n) is 3.07. The summed E-state index contributed by atoms with van der Waals surface area (Å²) in [5.41, 5.74) is 0.926. The van der Waals surface area contributed by atoms with E-state index >= 15 is 0 Å². The first-order chi connectivity index (χ1) is 10.7. The smallest absolute Gasteiger partial charge is 0.339 e. The van der Waals surface area contributed by atoms with Crippen LogP contribution in [0.1, 0.15) is 40.1 Å². The largest absolute Gasteiger partial charge is 0.496 e. The number of rotatable bonds is 4. The van der Waals surface area contributed by atoms with Gasteiger partial charge in [0, 0.05) is 31.2 Å². The van der Waals surface area contributed by atoms with Crippen LogP contribution in [0.5, 0.6) is 5.75 Å². The molecule has 0 spiro atoms. The van der Waals surface area contributed by atoms with Crippen molar-refractivity contribution in [3.05, 3.63) is 28.8 Å². The molecule has 6 heteroatoms. The van der Waals surface area contributed by atoms with Gasteiger partial charge < -0.3 is 19.5 Å². The van der Waals surface area contributed by atoms with Crippen molar-refractivity contribution in [2.75, 3.05) is 27.3 Å². The van der Waals surface area contributed by atoms with E-state index in [1.807, 2.05) is 0 Å². The summed E-state index contributed by atoms with van der Waals surface area (Å²) < 4.78 is 10.6.